The van der Waals surface area contributed by atoms with Gasteiger partial charge in [0.1, 0.15) is 19.2 Å². The molecule has 0 aromatic heterocycles. The number of rotatable bonds is 3. The number of nitro groups is 1. The van der Waals surface area contributed by atoms with Crippen LogP contribution >= 0.6 is 0 Å². The number of hydrogen-bond acceptors (Lipinski definition) is 3. The number of benzene rings is 1. The Morgan fingerprint density at radius 2 is 2.06 bits per heavy atom. The molecule has 0 unspecified atom stereocenters. The molecule has 1 rings (SSSR count). The zero-order valence-electron chi connectivity index (χ0n) is 10.1. The van der Waals surface area contributed by atoms with Crippen LogP contribution in [0.4, 0.5) is 5.69 Å². The zero-order chi connectivity index (χ0) is 12.3. The molecule has 5 heteroatoms. The van der Waals surface area contributed by atoms with Gasteiger partial charge in [-0.3, -0.25) is 10.1 Å². The standard InChI is InChI=1S/C11H16BNO3/c1-11(2,3)16-10-5-4-9(13(14)15)6-8(10)7-12/h4-6H,7,12H2,1-3H3. The summed E-state index contributed by atoms with van der Waals surface area (Å²) >= 11 is 0. The Hall–Kier alpha value is -1.52. The lowest BCUT2D eigenvalue weighted by Crippen LogP contribution is -2.23. The largest absolute Gasteiger partial charge is 0.488 e. The van der Waals surface area contributed by atoms with Crippen LogP contribution in [0.25, 0.3) is 0 Å². The minimum Gasteiger partial charge on any atom is -0.488 e. The molecule has 0 aliphatic heterocycles. The van der Waals surface area contributed by atoms with Crippen LogP contribution in [0.15, 0.2) is 18.2 Å². The van der Waals surface area contributed by atoms with Crippen LogP contribution in [0.2, 0.25) is 0 Å². The van der Waals surface area contributed by atoms with Crippen molar-refractivity contribution in [3.8, 4) is 5.75 Å². The Morgan fingerprint density at radius 1 is 1.44 bits per heavy atom. The minimum atomic E-state index is -0.389. The normalized spacial score (nSPS) is 11.2. The first-order valence-electron chi connectivity index (χ1n) is 5.30. The second-order valence-electron chi connectivity index (χ2n) is 4.62. The van der Waals surface area contributed by atoms with Gasteiger partial charge in [0.25, 0.3) is 5.69 Å². The minimum absolute atomic E-state index is 0.109. The number of nitrogens with zero attached hydrogens (tertiary/aromatic N) is 1. The first-order chi connectivity index (χ1) is 7.33. The van der Waals surface area contributed by atoms with Crippen molar-refractivity contribution in [2.24, 2.45) is 0 Å². The van der Waals surface area contributed by atoms with Crippen LogP contribution in [0.1, 0.15) is 26.3 Å². The highest BCUT2D eigenvalue weighted by molar-refractivity contribution is 6.08. The summed E-state index contributed by atoms with van der Waals surface area (Å²) in [6.07, 6.45) is 0.715. The van der Waals surface area contributed by atoms with Crippen LogP contribution in [0.5, 0.6) is 5.75 Å². The van der Waals surface area contributed by atoms with E-state index in [1.807, 2.05) is 28.6 Å². The predicted octanol–water partition coefficient (Wildman–Crippen LogP) is 1.91. The van der Waals surface area contributed by atoms with E-state index in [0.717, 1.165) is 11.3 Å². The molecule has 0 aliphatic rings. The van der Waals surface area contributed by atoms with Crippen molar-refractivity contribution in [2.45, 2.75) is 32.7 Å². The van der Waals surface area contributed by atoms with Crippen molar-refractivity contribution >= 4 is 13.5 Å². The van der Waals surface area contributed by atoms with Gasteiger partial charge in [-0.05, 0) is 32.4 Å². The summed E-state index contributed by atoms with van der Waals surface area (Å²) in [5.74, 6) is 0.723. The van der Waals surface area contributed by atoms with Crippen molar-refractivity contribution in [3.05, 3.63) is 33.9 Å². The van der Waals surface area contributed by atoms with E-state index in [-0.39, 0.29) is 16.2 Å². The SMILES string of the molecule is BCc1cc([N+](=O)[O-])ccc1OC(C)(C)C. The van der Waals surface area contributed by atoms with E-state index in [1.165, 1.54) is 6.07 Å². The third kappa shape index (κ3) is 3.26. The Labute approximate surface area is 96.2 Å². The van der Waals surface area contributed by atoms with Gasteiger partial charge < -0.3 is 4.74 Å². The van der Waals surface area contributed by atoms with Crippen molar-refractivity contribution in [2.75, 3.05) is 0 Å². The molecule has 0 N–H and O–H groups in total. The lowest BCUT2D eigenvalue weighted by molar-refractivity contribution is -0.384. The molecule has 86 valence electrons. The maximum atomic E-state index is 10.6. The molecule has 0 atom stereocenters. The van der Waals surface area contributed by atoms with Gasteiger partial charge in [0.15, 0.2) is 0 Å². The lowest BCUT2D eigenvalue weighted by Gasteiger charge is -2.23. The molecule has 1 aromatic rings. The number of nitro benzene ring substituents is 1. The van der Waals surface area contributed by atoms with E-state index in [9.17, 15) is 10.1 Å². The molecule has 1 aromatic carbocycles. The fourth-order valence-electron chi connectivity index (χ4n) is 1.39. The highest BCUT2D eigenvalue weighted by atomic mass is 16.6. The Balaban J connectivity index is 3.07. The average molecular weight is 221 g/mol. The third-order valence-electron chi connectivity index (χ3n) is 2.05. The second kappa shape index (κ2) is 4.55. The molecule has 0 radical (unpaired) electrons. The average Bonchev–Trinajstić information content (AvgIpc) is 2.15. The van der Waals surface area contributed by atoms with E-state index in [1.54, 1.807) is 12.1 Å². The summed E-state index contributed by atoms with van der Waals surface area (Å²) in [6.45, 7) is 5.86. The Kier molecular flexibility index (Phi) is 3.57. The zero-order valence-corrected chi connectivity index (χ0v) is 10.1. The first kappa shape index (κ1) is 12.6. The predicted molar refractivity (Wildman–Crippen MR) is 65.7 cm³/mol. The van der Waals surface area contributed by atoms with Gasteiger partial charge >= 0.3 is 0 Å². The van der Waals surface area contributed by atoms with E-state index in [2.05, 4.69) is 0 Å². The van der Waals surface area contributed by atoms with Crippen molar-refractivity contribution in [3.63, 3.8) is 0 Å². The fourth-order valence-corrected chi connectivity index (χ4v) is 1.39. The van der Waals surface area contributed by atoms with Crippen LogP contribution < -0.4 is 4.74 Å². The molecule has 0 saturated carbocycles. The van der Waals surface area contributed by atoms with Gasteiger partial charge in [0.05, 0.1) is 4.92 Å². The molecule has 0 fully saturated rings. The Bertz CT molecular complexity index is 399. The lowest BCUT2D eigenvalue weighted by atomic mass is 9.95. The van der Waals surface area contributed by atoms with E-state index in [4.69, 9.17) is 4.74 Å². The maximum absolute atomic E-state index is 10.6. The smallest absolute Gasteiger partial charge is 0.269 e. The highest BCUT2D eigenvalue weighted by Crippen LogP contribution is 2.27. The summed E-state index contributed by atoms with van der Waals surface area (Å²) in [5, 5.41) is 10.6. The molecule has 0 aliphatic carbocycles. The summed E-state index contributed by atoms with van der Waals surface area (Å²) < 4.78 is 5.74. The van der Waals surface area contributed by atoms with E-state index >= 15 is 0 Å². The quantitative estimate of drug-likeness (QED) is 0.445. The molecular weight excluding hydrogens is 205 g/mol. The van der Waals surface area contributed by atoms with Crippen molar-refractivity contribution in [1.29, 1.82) is 0 Å². The van der Waals surface area contributed by atoms with Crippen LogP contribution in [-0.4, -0.2) is 18.4 Å². The molecular formula is C11H16BNO3. The highest BCUT2D eigenvalue weighted by Gasteiger charge is 2.16. The summed E-state index contributed by atoms with van der Waals surface area (Å²) in [7, 11) is 1.95. The monoisotopic (exact) mass is 221 g/mol. The van der Waals surface area contributed by atoms with Crippen molar-refractivity contribution < 1.29 is 9.66 Å². The third-order valence-corrected chi connectivity index (χ3v) is 2.05. The topological polar surface area (TPSA) is 52.4 Å². The van der Waals surface area contributed by atoms with Gasteiger partial charge in [-0.25, -0.2) is 0 Å². The van der Waals surface area contributed by atoms with Crippen LogP contribution in [0, 0.1) is 10.1 Å². The molecule has 0 spiro atoms. The van der Waals surface area contributed by atoms with Crippen LogP contribution in [0.3, 0.4) is 0 Å². The van der Waals surface area contributed by atoms with Gasteiger partial charge in [-0.2, -0.15) is 0 Å². The molecule has 16 heavy (non-hydrogen) atoms. The van der Waals surface area contributed by atoms with Gasteiger partial charge in [-0.1, -0.05) is 6.32 Å². The molecule has 4 nitrogen and oxygen atoms in total. The van der Waals surface area contributed by atoms with Gasteiger partial charge in [-0.15, -0.1) is 0 Å². The number of hydrogen-bond donors (Lipinski definition) is 0. The fraction of sp³-hybridized carbons (Fsp3) is 0.455. The maximum Gasteiger partial charge on any atom is 0.269 e. The molecule has 0 saturated heterocycles. The summed E-state index contributed by atoms with van der Waals surface area (Å²) in [5.41, 5.74) is 0.683. The number of non-ortho nitro benzene ring substituents is 1. The van der Waals surface area contributed by atoms with Crippen molar-refractivity contribution in [1.82, 2.24) is 0 Å². The molecule has 0 bridgehead atoms. The van der Waals surface area contributed by atoms with E-state index in [0.29, 0.717) is 6.32 Å². The van der Waals surface area contributed by atoms with Gasteiger partial charge in [0.2, 0.25) is 0 Å². The molecule has 0 amide bonds. The van der Waals surface area contributed by atoms with Gasteiger partial charge in [0, 0.05) is 12.1 Å². The summed E-state index contributed by atoms with van der Waals surface area (Å²) in [6, 6.07) is 4.71. The first-order valence-corrected chi connectivity index (χ1v) is 5.30. The van der Waals surface area contributed by atoms with Crippen LogP contribution in [-0.2, 0) is 6.32 Å². The summed E-state index contributed by atoms with van der Waals surface area (Å²) in [4.78, 5) is 10.2. The Morgan fingerprint density at radius 3 is 2.50 bits per heavy atom. The number of ether oxygens (including phenoxy) is 1. The molecule has 0 heterocycles. The second-order valence-corrected chi connectivity index (χ2v) is 4.62. The van der Waals surface area contributed by atoms with E-state index < -0.39 is 0 Å².